The van der Waals surface area contributed by atoms with E-state index < -0.39 is 23.3 Å². The lowest BCUT2D eigenvalue weighted by Gasteiger charge is -2.11. The van der Waals surface area contributed by atoms with Crippen molar-refractivity contribution in [1.82, 2.24) is 0 Å². The lowest BCUT2D eigenvalue weighted by atomic mass is 10.1. The Labute approximate surface area is 89.5 Å². The van der Waals surface area contributed by atoms with Crippen LogP contribution in [0.1, 0.15) is 15.9 Å². The molecule has 0 atom stereocenters. The van der Waals surface area contributed by atoms with E-state index in [-0.39, 0.29) is 4.90 Å². The molecule has 82 valence electrons. The standard InChI is InChI=1S/C9H7F3O2S/c1-14-8(13)6-4-5(15)2-3-7(6)9(10,11)12/h2-4,15H,1H3. The fourth-order valence-corrected chi connectivity index (χ4v) is 1.26. The summed E-state index contributed by atoms with van der Waals surface area (Å²) in [4.78, 5) is 11.3. The van der Waals surface area contributed by atoms with E-state index in [2.05, 4.69) is 17.4 Å². The minimum atomic E-state index is -4.58. The van der Waals surface area contributed by atoms with Gasteiger partial charge in [0.1, 0.15) is 0 Å². The molecule has 0 saturated heterocycles. The molecule has 0 radical (unpaired) electrons. The van der Waals surface area contributed by atoms with Crippen molar-refractivity contribution in [2.75, 3.05) is 7.11 Å². The molecule has 0 aliphatic carbocycles. The van der Waals surface area contributed by atoms with Gasteiger partial charge in [0.25, 0.3) is 0 Å². The molecule has 0 spiro atoms. The van der Waals surface area contributed by atoms with Crippen LogP contribution in [0.4, 0.5) is 13.2 Å². The Morgan fingerprint density at radius 3 is 2.47 bits per heavy atom. The molecule has 0 bridgehead atoms. The number of esters is 1. The van der Waals surface area contributed by atoms with Gasteiger partial charge in [0.2, 0.25) is 0 Å². The number of carbonyl (C=O) groups is 1. The maximum atomic E-state index is 12.4. The first kappa shape index (κ1) is 11.9. The molecule has 0 aliphatic rings. The van der Waals surface area contributed by atoms with Crippen LogP contribution in [-0.4, -0.2) is 13.1 Å². The van der Waals surface area contributed by atoms with E-state index in [0.29, 0.717) is 0 Å². The number of benzene rings is 1. The minimum Gasteiger partial charge on any atom is -0.465 e. The summed E-state index contributed by atoms with van der Waals surface area (Å²) < 4.78 is 41.6. The molecule has 0 amide bonds. The summed E-state index contributed by atoms with van der Waals surface area (Å²) in [6, 6.07) is 2.99. The monoisotopic (exact) mass is 236 g/mol. The zero-order valence-electron chi connectivity index (χ0n) is 7.63. The molecular weight excluding hydrogens is 229 g/mol. The Hall–Kier alpha value is -1.17. The number of hydrogen-bond acceptors (Lipinski definition) is 3. The minimum absolute atomic E-state index is 0.267. The van der Waals surface area contributed by atoms with Crippen molar-refractivity contribution in [3.05, 3.63) is 29.3 Å². The molecule has 0 N–H and O–H groups in total. The number of alkyl halides is 3. The maximum Gasteiger partial charge on any atom is 0.417 e. The number of rotatable bonds is 1. The Morgan fingerprint density at radius 1 is 1.40 bits per heavy atom. The highest BCUT2D eigenvalue weighted by atomic mass is 32.1. The molecule has 0 heterocycles. The summed E-state index contributed by atoms with van der Waals surface area (Å²) in [7, 11) is 1.02. The van der Waals surface area contributed by atoms with E-state index in [1.54, 1.807) is 0 Å². The highest BCUT2D eigenvalue weighted by Crippen LogP contribution is 2.33. The van der Waals surface area contributed by atoms with E-state index >= 15 is 0 Å². The smallest absolute Gasteiger partial charge is 0.417 e. The first-order chi connectivity index (χ1) is 6.86. The van der Waals surface area contributed by atoms with Crippen LogP contribution in [0.3, 0.4) is 0 Å². The summed E-state index contributed by atoms with van der Waals surface area (Å²) in [5.74, 6) is -1.03. The largest absolute Gasteiger partial charge is 0.465 e. The van der Waals surface area contributed by atoms with Gasteiger partial charge >= 0.3 is 12.1 Å². The highest BCUT2D eigenvalue weighted by molar-refractivity contribution is 7.80. The first-order valence-electron chi connectivity index (χ1n) is 3.85. The highest BCUT2D eigenvalue weighted by Gasteiger charge is 2.35. The van der Waals surface area contributed by atoms with Gasteiger partial charge in [0, 0.05) is 4.90 Å². The van der Waals surface area contributed by atoms with Crippen molar-refractivity contribution in [2.24, 2.45) is 0 Å². The molecule has 0 aromatic heterocycles. The van der Waals surface area contributed by atoms with Crippen LogP contribution in [0.15, 0.2) is 23.1 Å². The topological polar surface area (TPSA) is 26.3 Å². The predicted molar refractivity (Wildman–Crippen MR) is 50.0 cm³/mol. The summed E-state index contributed by atoms with van der Waals surface area (Å²) in [6.07, 6.45) is -4.58. The van der Waals surface area contributed by atoms with E-state index in [9.17, 15) is 18.0 Å². The van der Waals surface area contributed by atoms with Crippen LogP contribution >= 0.6 is 12.6 Å². The van der Waals surface area contributed by atoms with Crippen molar-refractivity contribution in [3.63, 3.8) is 0 Å². The summed E-state index contributed by atoms with van der Waals surface area (Å²) in [6.45, 7) is 0. The Morgan fingerprint density at radius 2 is 2.00 bits per heavy atom. The van der Waals surface area contributed by atoms with Crippen LogP contribution in [0.2, 0.25) is 0 Å². The second-order valence-corrected chi connectivity index (χ2v) is 3.24. The van der Waals surface area contributed by atoms with Gasteiger partial charge in [-0.1, -0.05) is 0 Å². The molecule has 0 aliphatic heterocycles. The molecule has 6 heteroatoms. The van der Waals surface area contributed by atoms with E-state index in [1.807, 2.05) is 0 Å². The number of methoxy groups -OCH3 is 1. The predicted octanol–water partition coefficient (Wildman–Crippen LogP) is 2.78. The number of carbonyl (C=O) groups excluding carboxylic acids is 1. The molecule has 15 heavy (non-hydrogen) atoms. The third-order valence-corrected chi connectivity index (χ3v) is 1.99. The van der Waals surface area contributed by atoms with Gasteiger partial charge in [-0.15, -0.1) is 12.6 Å². The third kappa shape index (κ3) is 2.65. The SMILES string of the molecule is COC(=O)c1cc(S)ccc1C(F)(F)F. The normalized spacial score (nSPS) is 11.3. The Bertz CT molecular complexity index is 387. The van der Waals surface area contributed by atoms with Crippen molar-refractivity contribution < 1.29 is 22.7 Å². The molecular formula is C9H7F3O2S. The maximum absolute atomic E-state index is 12.4. The molecule has 1 rings (SSSR count). The quantitative estimate of drug-likeness (QED) is 0.599. The zero-order chi connectivity index (χ0) is 11.6. The van der Waals surface area contributed by atoms with Crippen molar-refractivity contribution >= 4 is 18.6 Å². The molecule has 2 nitrogen and oxygen atoms in total. The van der Waals surface area contributed by atoms with Crippen LogP contribution in [0, 0.1) is 0 Å². The summed E-state index contributed by atoms with van der Waals surface area (Å²) in [5, 5.41) is 0. The van der Waals surface area contributed by atoms with Crippen molar-refractivity contribution in [3.8, 4) is 0 Å². The number of thiol groups is 1. The van der Waals surface area contributed by atoms with Crippen molar-refractivity contribution in [2.45, 2.75) is 11.1 Å². The van der Waals surface area contributed by atoms with E-state index in [1.165, 1.54) is 6.07 Å². The average molecular weight is 236 g/mol. The van der Waals surface area contributed by atoms with Gasteiger partial charge in [0.05, 0.1) is 18.2 Å². The first-order valence-corrected chi connectivity index (χ1v) is 4.29. The Kier molecular flexibility index (Phi) is 3.28. The van der Waals surface area contributed by atoms with Crippen LogP contribution in [0.25, 0.3) is 0 Å². The molecule has 0 fully saturated rings. The molecule has 0 unspecified atom stereocenters. The number of hydrogen-bond donors (Lipinski definition) is 1. The summed E-state index contributed by atoms with van der Waals surface area (Å²) >= 11 is 3.86. The van der Waals surface area contributed by atoms with Crippen LogP contribution < -0.4 is 0 Å². The van der Waals surface area contributed by atoms with Gasteiger partial charge < -0.3 is 4.74 Å². The fraction of sp³-hybridized carbons (Fsp3) is 0.222. The van der Waals surface area contributed by atoms with Gasteiger partial charge in [-0.3, -0.25) is 0 Å². The second-order valence-electron chi connectivity index (χ2n) is 2.72. The third-order valence-electron chi connectivity index (χ3n) is 1.71. The van der Waals surface area contributed by atoms with E-state index in [4.69, 9.17) is 0 Å². The Balaban J connectivity index is 3.33. The van der Waals surface area contributed by atoms with E-state index in [0.717, 1.165) is 19.2 Å². The number of ether oxygens (including phenoxy) is 1. The average Bonchev–Trinajstić information content (AvgIpc) is 2.14. The fourth-order valence-electron chi connectivity index (χ4n) is 1.06. The lowest BCUT2D eigenvalue weighted by Crippen LogP contribution is -2.14. The number of halogens is 3. The molecule has 0 saturated carbocycles. The molecule has 1 aromatic carbocycles. The molecule has 1 aromatic rings. The van der Waals surface area contributed by atoms with Gasteiger partial charge in [-0.2, -0.15) is 13.2 Å². The van der Waals surface area contributed by atoms with Gasteiger partial charge in [-0.25, -0.2) is 4.79 Å². The van der Waals surface area contributed by atoms with Gasteiger partial charge in [-0.05, 0) is 18.2 Å². The zero-order valence-corrected chi connectivity index (χ0v) is 8.52. The second kappa shape index (κ2) is 4.14. The van der Waals surface area contributed by atoms with Crippen LogP contribution in [0.5, 0.6) is 0 Å². The lowest BCUT2D eigenvalue weighted by molar-refractivity contribution is -0.138. The van der Waals surface area contributed by atoms with Crippen molar-refractivity contribution in [1.29, 1.82) is 0 Å². The van der Waals surface area contributed by atoms with Crippen LogP contribution in [-0.2, 0) is 10.9 Å². The summed E-state index contributed by atoms with van der Waals surface area (Å²) in [5.41, 5.74) is -1.55. The van der Waals surface area contributed by atoms with Gasteiger partial charge in [0.15, 0.2) is 0 Å².